The van der Waals surface area contributed by atoms with Gasteiger partial charge in [-0.25, -0.2) is 0 Å². The average molecular weight is 289 g/mol. The molecule has 0 aromatic heterocycles. The molecule has 94 valence electrons. The summed E-state index contributed by atoms with van der Waals surface area (Å²) in [7, 11) is 3.58. The van der Waals surface area contributed by atoms with Gasteiger partial charge in [-0.05, 0) is 0 Å². The Hall–Kier alpha value is 0.423. The summed E-state index contributed by atoms with van der Waals surface area (Å²) in [5, 5.41) is 0. The summed E-state index contributed by atoms with van der Waals surface area (Å²) in [6, 6.07) is 0. The van der Waals surface area contributed by atoms with E-state index in [0.29, 0.717) is 10.9 Å². The molecule has 0 radical (unpaired) electrons. The van der Waals surface area contributed by atoms with E-state index in [1.807, 2.05) is 0 Å². The molecule has 0 bridgehead atoms. The molecule has 0 aliphatic heterocycles. The molecule has 0 atom stereocenters. The molecule has 16 heavy (non-hydrogen) atoms. The van der Waals surface area contributed by atoms with Crippen molar-refractivity contribution in [1.29, 1.82) is 0 Å². The second kappa shape index (κ2) is 5.85. The van der Waals surface area contributed by atoms with Gasteiger partial charge < -0.3 is 0 Å². The average Bonchev–Trinajstić information content (AvgIpc) is 2.99. The van der Waals surface area contributed by atoms with Crippen LogP contribution in [0.15, 0.2) is 0 Å². The predicted octanol–water partition coefficient (Wildman–Crippen LogP) is 3.12. The Bertz CT molecular complexity index is 206. The normalized spacial score (nSPS) is 24.4. The van der Waals surface area contributed by atoms with E-state index < -0.39 is 14.3 Å². The van der Waals surface area contributed by atoms with E-state index in [0.717, 1.165) is 0 Å². The van der Waals surface area contributed by atoms with Crippen LogP contribution in [-0.4, -0.2) is 34.6 Å². The van der Waals surface area contributed by atoms with Crippen LogP contribution in [0.25, 0.3) is 0 Å². The van der Waals surface area contributed by atoms with E-state index >= 15 is 0 Å². The minimum atomic E-state index is -2.94. The molecule has 2 fully saturated rings. The Kier molecular flexibility index (Phi) is 4.70. The van der Waals surface area contributed by atoms with Gasteiger partial charge in [0, 0.05) is 0 Å². The van der Waals surface area contributed by atoms with E-state index in [9.17, 15) is 0 Å². The number of hydrogen-bond acceptors (Lipinski definition) is 3. The summed E-state index contributed by atoms with van der Waals surface area (Å²) in [5.41, 5.74) is 0. The predicted molar refractivity (Wildman–Crippen MR) is 65.3 cm³/mol. The van der Waals surface area contributed by atoms with E-state index in [4.69, 9.17) is 11.3 Å². The Morgan fingerprint density at radius 3 is 1.81 bits per heavy atom. The Morgan fingerprint density at radius 1 is 0.812 bits per heavy atom. The van der Waals surface area contributed by atoms with Gasteiger partial charge in [-0.2, -0.15) is 0 Å². The van der Waals surface area contributed by atoms with Gasteiger partial charge in [0.25, 0.3) is 0 Å². The standard InChI is InChI=1S/C12H24GeO3/c1-14-13(15-2,11-7-3-4-8-11)16-12-9-5-6-10-12/h11-12H,3-10H2,1-2H3. The van der Waals surface area contributed by atoms with Crippen molar-refractivity contribution in [3.05, 3.63) is 0 Å². The molecule has 2 rings (SSSR count). The molecule has 4 heteroatoms. The van der Waals surface area contributed by atoms with Crippen molar-refractivity contribution in [3.63, 3.8) is 0 Å². The van der Waals surface area contributed by atoms with Gasteiger partial charge in [0.15, 0.2) is 0 Å². The monoisotopic (exact) mass is 290 g/mol. The zero-order valence-electron chi connectivity index (χ0n) is 10.5. The van der Waals surface area contributed by atoms with Crippen molar-refractivity contribution in [1.82, 2.24) is 0 Å². The molecule has 0 spiro atoms. The molecular formula is C12H24GeO3. The first-order chi connectivity index (χ1) is 7.80. The van der Waals surface area contributed by atoms with Crippen LogP contribution in [0, 0.1) is 0 Å². The van der Waals surface area contributed by atoms with Crippen molar-refractivity contribution in [2.75, 3.05) is 14.2 Å². The van der Waals surface area contributed by atoms with Crippen molar-refractivity contribution >= 4 is 14.3 Å². The fraction of sp³-hybridized carbons (Fsp3) is 1.00. The van der Waals surface area contributed by atoms with E-state index in [-0.39, 0.29) is 0 Å². The molecule has 2 aliphatic rings. The van der Waals surface area contributed by atoms with E-state index in [1.54, 1.807) is 14.2 Å². The Labute approximate surface area is 102 Å². The summed E-state index contributed by atoms with van der Waals surface area (Å²) < 4.78 is 18.5. The SMILES string of the molecule is C[O][Ge]([O]C)([O]C1CCCC1)[CH]1CCCC1. The molecule has 2 aliphatic carbocycles. The summed E-state index contributed by atoms with van der Waals surface area (Å²) in [6.07, 6.45) is 10.6. The van der Waals surface area contributed by atoms with Crippen LogP contribution in [0.4, 0.5) is 0 Å². The quantitative estimate of drug-likeness (QED) is 0.728. The van der Waals surface area contributed by atoms with Gasteiger partial charge in [0.05, 0.1) is 0 Å². The molecule has 0 heterocycles. The molecule has 0 N–H and O–H groups in total. The second-order valence-corrected chi connectivity index (χ2v) is 11.5. The topological polar surface area (TPSA) is 27.7 Å². The summed E-state index contributed by atoms with van der Waals surface area (Å²) in [4.78, 5) is 0. The Morgan fingerprint density at radius 2 is 1.31 bits per heavy atom. The van der Waals surface area contributed by atoms with Crippen LogP contribution >= 0.6 is 0 Å². The summed E-state index contributed by atoms with van der Waals surface area (Å²) in [6.45, 7) is 0. The van der Waals surface area contributed by atoms with Crippen LogP contribution in [0.3, 0.4) is 0 Å². The van der Waals surface area contributed by atoms with Crippen LogP contribution in [0.5, 0.6) is 0 Å². The second-order valence-electron chi connectivity index (χ2n) is 5.02. The van der Waals surface area contributed by atoms with Gasteiger partial charge in [-0.1, -0.05) is 0 Å². The first kappa shape index (κ1) is 12.9. The molecule has 0 amide bonds. The maximum atomic E-state index is 6.32. The molecular weight excluding hydrogens is 265 g/mol. The third-order valence-corrected chi connectivity index (χ3v) is 11.1. The minimum absolute atomic E-state index is 0.417. The van der Waals surface area contributed by atoms with E-state index in [2.05, 4.69) is 0 Å². The van der Waals surface area contributed by atoms with Gasteiger partial charge >= 0.3 is 102 Å². The van der Waals surface area contributed by atoms with Gasteiger partial charge in [0.1, 0.15) is 0 Å². The van der Waals surface area contributed by atoms with Crippen LogP contribution < -0.4 is 0 Å². The molecule has 2 saturated carbocycles. The van der Waals surface area contributed by atoms with Crippen molar-refractivity contribution < 1.29 is 11.3 Å². The summed E-state index contributed by atoms with van der Waals surface area (Å²) >= 11 is -2.94. The molecule has 3 nitrogen and oxygen atoms in total. The van der Waals surface area contributed by atoms with Gasteiger partial charge in [0.2, 0.25) is 0 Å². The van der Waals surface area contributed by atoms with Crippen LogP contribution in [0.1, 0.15) is 51.4 Å². The number of rotatable bonds is 5. The molecule has 0 aromatic carbocycles. The molecule has 0 aromatic rings. The van der Waals surface area contributed by atoms with Gasteiger partial charge in [-0.3, -0.25) is 0 Å². The van der Waals surface area contributed by atoms with E-state index in [1.165, 1.54) is 51.4 Å². The molecule has 0 saturated heterocycles. The first-order valence-electron chi connectivity index (χ1n) is 6.59. The summed E-state index contributed by atoms with van der Waals surface area (Å²) in [5.74, 6) is 0. The van der Waals surface area contributed by atoms with Crippen LogP contribution in [0.2, 0.25) is 4.75 Å². The van der Waals surface area contributed by atoms with Gasteiger partial charge in [-0.15, -0.1) is 0 Å². The third kappa shape index (κ3) is 2.63. The fourth-order valence-corrected chi connectivity index (χ4v) is 9.49. The zero-order valence-corrected chi connectivity index (χ0v) is 12.6. The fourth-order valence-electron chi connectivity index (χ4n) is 3.13. The third-order valence-electron chi connectivity index (χ3n) is 4.06. The molecule has 0 unspecified atom stereocenters. The van der Waals surface area contributed by atoms with Crippen molar-refractivity contribution in [3.8, 4) is 0 Å². The first-order valence-corrected chi connectivity index (χ1v) is 10.4. The van der Waals surface area contributed by atoms with Crippen molar-refractivity contribution in [2.24, 2.45) is 0 Å². The number of hydrogen-bond donors (Lipinski definition) is 0. The van der Waals surface area contributed by atoms with Crippen molar-refractivity contribution in [2.45, 2.75) is 62.2 Å². The van der Waals surface area contributed by atoms with Crippen LogP contribution in [-0.2, 0) is 11.3 Å². The Balaban J connectivity index is 2.00. The zero-order chi connectivity index (χ0) is 11.4. The maximum absolute atomic E-state index is 6.32.